The molecule has 1 heterocycles. The number of morpholine rings is 1. The Morgan fingerprint density at radius 1 is 1.61 bits per heavy atom. The van der Waals surface area contributed by atoms with Crippen LogP contribution in [-0.2, 0) is 20.8 Å². The second-order valence-corrected chi connectivity index (χ2v) is 4.18. The number of nitrogens with two attached hydrogens (primary N) is 1. The third kappa shape index (κ3) is 2.63. The number of hydrogen-bond acceptors (Lipinski definition) is 5. The Bertz CT molecular complexity index is 422. The number of methoxy groups -OCH3 is 1. The lowest BCUT2D eigenvalue weighted by Gasteiger charge is -2.35. The molecular weight excluding hydrogens is 232 g/mol. The predicted molar refractivity (Wildman–Crippen MR) is 68.3 cm³/mol. The van der Waals surface area contributed by atoms with Gasteiger partial charge >= 0.3 is 5.97 Å². The van der Waals surface area contributed by atoms with Crippen LogP contribution in [0.3, 0.4) is 0 Å². The van der Waals surface area contributed by atoms with Crippen LogP contribution in [0.15, 0.2) is 24.3 Å². The first-order valence-corrected chi connectivity index (χ1v) is 5.97. The summed E-state index contributed by atoms with van der Waals surface area (Å²) in [7, 11) is 1.39. The second kappa shape index (κ2) is 5.84. The zero-order valence-electron chi connectivity index (χ0n) is 10.5. The first kappa shape index (κ1) is 12.9. The molecule has 0 radical (unpaired) electrons. The number of carbonyl (C=O) groups is 1. The van der Waals surface area contributed by atoms with Crippen molar-refractivity contribution < 1.29 is 14.3 Å². The molecule has 1 fully saturated rings. The summed E-state index contributed by atoms with van der Waals surface area (Å²) in [5.41, 5.74) is 7.66. The highest BCUT2D eigenvalue weighted by molar-refractivity contribution is 5.80. The molecule has 1 aliphatic rings. The summed E-state index contributed by atoms with van der Waals surface area (Å²) in [5, 5.41) is 0. The van der Waals surface area contributed by atoms with E-state index in [0.717, 1.165) is 11.3 Å². The lowest BCUT2D eigenvalue weighted by molar-refractivity contribution is -0.144. The van der Waals surface area contributed by atoms with E-state index in [-0.39, 0.29) is 12.0 Å². The van der Waals surface area contributed by atoms with Crippen molar-refractivity contribution >= 4 is 11.7 Å². The van der Waals surface area contributed by atoms with Gasteiger partial charge in [0.1, 0.15) is 0 Å². The zero-order chi connectivity index (χ0) is 13.0. The van der Waals surface area contributed by atoms with Gasteiger partial charge in [0.2, 0.25) is 0 Å². The smallest absolute Gasteiger partial charge is 0.330 e. The average molecular weight is 250 g/mol. The summed E-state index contributed by atoms with van der Waals surface area (Å²) >= 11 is 0. The van der Waals surface area contributed by atoms with Gasteiger partial charge in [0.05, 0.1) is 20.3 Å². The third-order valence-corrected chi connectivity index (χ3v) is 3.08. The van der Waals surface area contributed by atoms with Gasteiger partial charge in [-0.05, 0) is 17.7 Å². The molecule has 5 heteroatoms. The van der Waals surface area contributed by atoms with E-state index in [4.69, 9.17) is 15.2 Å². The fourth-order valence-corrected chi connectivity index (χ4v) is 2.11. The molecular formula is C13H18N2O3. The summed E-state index contributed by atoms with van der Waals surface area (Å²) in [6.07, 6.45) is 0. The molecule has 0 saturated carbocycles. The largest absolute Gasteiger partial charge is 0.467 e. The minimum absolute atomic E-state index is 0.271. The van der Waals surface area contributed by atoms with E-state index in [0.29, 0.717) is 26.3 Å². The van der Waals surface area contributed by atoms with E-state index >= 15 is 0 Å². The van der Waals surface area contributed by atoms with Crippen molar-refractivity contribution in [2.45, 2.75) is 12.6 Å². The molecule has 1 aromatic carbocycles. The maximum atomic E-state index is 11.7. The van der Waals surface area contributed by atoms with Crippen molar-refractivity contribution in [3.8, 4) is 0 Å². The van der Waals surface area contributed by atoms with Gasteiger partial charge < -0.3 is 20.1 Å². The van der Waals surface area contributed by atoms with Crippen LogP contribution in [0.25, 0.3) is 0 Å². The Kier molecular flexibility index (Phi) is 4.17. The fraction of sp³-hybridized carbons (Fsp3) is 0.462. The number of benzene rings is 1. The van der Waals surface area contributed by atoms with Gasteiger partial charge in [-0.2, -0.15) is 0 Å². The van der Waals surface area contributed by atoms with Crippen molar-refractivity contribution in [2.24, 2.45) is 5.73 Å². The van der Waals surface area contributed by atoms with Crippen LogP contribution in [0, 0.1) is 0 Å². The lowest BCUT2D eigenvalue weighted by atomic mass is 10.1. The van der Waals surface area contributed by atoms with Crippen molar-refractivity contribution in [1.82, 2.24) is 0 Å². The molecule has 1 unspecified atom stereocenters. The highest BCUT2D eigenvalue weighted by Gasteiger charge is 2.30. The van der Waals surface area contributed by atoms with Gasteiger partial charge in [0.15, 0.2) is 6.04 Å². The van der Waals surface area contributed by atoms with E-state index in [9.17, 15) is 4.79 Å². The lowest BCUT2D eigenvalue weighted by Crippen LogP contribution is -2.50. The number of carbonyl (C=O) groups excluding carboxylic acids is 1. The van der Waals surface area contributed by atoms with Crippen LogP contribution >= 0.6 is 0 Å². The quantitative estimate of drug-likeness (QED) is 0.792. The molecule has 0 bridgehead atoms. The van der Waals surface area contributed by atoms with E-state index in [1.807, 2.05) is 29.2 Å². The summed E-state index contributed by atoms with van der Waals surface area (Å²) < 4.78 is 10.2. The van der Waals surface area contributed by atoms with Crippen LogP contribution in [0.4, 0.5) is 5.69 Å². The van der Waals surface area contributed by atoms with E-state index in [1.54, 1.807) is 0 Å². The molecule has 98 valence electrons. The van der Waals surface area contributed by atoms with Crippen molar-refractivity contribution in [2.75, 3.05) is 31.8 Å². The van der Waals surface area contributed by atoms with Crippen molar-refractivity contribution in [3.05, 3.63) is 29.8 Å². The van der Waals surface area contributed by atoms with Gasteiger partial charge in [-0.25, -0.2) is 4.79 Å². The number of anilines is 1. The summed E-state index contributed by atoms with van der Waals surface area (Å²) in [4.78, 5) is 13.7. The van der Waals surface area contributed by atoms with Gasteiger partial charge in [0, 0.05) is 18.8 Å². The molecule has 1 atom stereocenters. The SMILES string of the molecule is COC(=O)C1COCCN1c1cccc(CN)c1. The molecule has 5 nitrogen and oxygen atoms in total. The average Bonchev–Trinajstić information content (AvgIpc) is 2.46. The Morgan fingerprint density at radius 3 is 3.17 bits per heavy atom. The summed E-state index contributed by atoms with van der Waals surface area (Å²) in [6, 6.07) is 7.51. The highest BCUT2D eigenvalue weighted by Crippen LogP contribution is 2.21. The summed E-state index contributed by atoms with van der Waals surface area (Å²) in [6.45, 7) is 2.13. The van der Waals surface area contributed by atoms with Crippen LogP contribution in [0.5, 0.6) is 0 Å². The molecule has 0 aliphatic carbocycles. The number of ether oxygens (including phenoxy) is 2. The minimum atomic E-state index is -0.378. The Labute approximate surface area is 106 Å². The molecule has 0 aromatic heterocycles. The Morgan fingerprint density at radius 2 is 2.44 bits per heavy atom. The van der Waals surface area contributed by atoms with Crippen LogP contribution in [0.1, 0.15) is 5.56 Å². The molecule has 0 spiro atoms. The standard InChI is InChI=1S/C13H18N2O3/c1-17-13(16)12-9-18-6-5-15(12)11-4-2-3-10(7-11)8-14/h2-4,7,12H,5-6,8-9,14H2,1H3. The molecule has 2 rings (SSSR count). The van der Waals surface area contributed by atoms with Gasteiger partial charge in [0.25, 0.3) is 0 Å². The number of esters is 1. The van der Waals surface area contributed by atoms with E-state index < -0.39 is 0 Å². The van der Waals surface area contributed by atoms with Gasteiger partial charge in [-0.15, -0.1) is 0 Å². The predicted octanol–water partition coefficient (Wildman–Crippen LogP) is 0.523. The van der Waals surface area contributed by atoms with E-state index in [2.05, 4.69) is 0 Å². The van der Waals surface area contributed by atoms with Crippen LogP contribution in [0.2, 0.25) is 0 Å². The van der Waals surface area contributed by atoms with Crippen molar-refractivity contribution in [3.63, 3.8) is 0 Å². The van der Waals surface area contributed by atoms with Gasteiger partial charge in [-0.3, -0.25) is 0 Å². The van der Waals surface area contributed by atoms with Crippen LogP contribution in [-0.4, -0.2) is 38.9 Å². The first-order chi connectivity index (χ1) is 8.76. The zero-order valence-corrected chi connectivity index (χ0v) is 10.5. The fourth-order valence-electron chi connectivity index (χ4n) is 2.11. The maximum absolute atomic E-state index is 11.7. The number of rotatable bonds is 3. The minimum Gasteiger partial charge on any atom is -0.467 e. The van der Waals surface area contributed by atoms with E-state index in [1.165, 1.54) is 7.11 Å². The number of hydrogen-bond donors (Lipinski definition) is 1. The topological polar surface area (TPSA) is 64.8 Å². The first-order valence-electron chi connectivity index (χ1n) is 5.97. The Hall–Kier alpha value is -1.59. The highest BCUT2D eigenvalue weighted by atomic mass is 16.5. The molecule has 1 aromatic rings. The molecule has 0 amide bonds. The van der Waals surface area contributed by atoms with Crippen molar-refractivity contribution in [1.29, 1.82) is 0 Å². The monoisotopic (exact) mass is 250 g/mol. The molecule has 1 saturated heterocycles. The molecule has 18 heavy (non-hydrogen) atoms. The van der Waals surface area contributed by atoms with Crippen LogP contribution < -0.4 is 10.6 Å². The normalized spacial score (nSPS) is 19.7. The molecule has 2 N–H and O–H groups in total. The second-order valence-electron chi connectivity index (χ2n) is 4.18. The maximum Gasteiger partial charge on any atom is 0.330 e. The number of nitrogens with zero attached hydrogens (tertiary/aromatic N) is 1. The summed E-state index contributed by atoms with van der Waals surface area (Å²) in [5.74, 6) is -0.271. The third-order valence-electron chi connectivity index (χ3n) is 3.08. The molecule has 1 aliphatic heterocycles. The van der Waals surface area contributed by atoms with Gasteiger partial charge in [-0.1, -0.05) is 12.1 Å². The Balaban J connectivity index is 2.24.